The molecule has 9 rings (SSSR count). The van der Waals surface area contributed by atoms with Gasteiger partial charge in [0.15, 0.2) is 12.3 Å². The first-order valence-corrected chi connectivity index (χ1v) is 30.0. The number of aromatic nitrogens is 1. The standard InChI is InChI=1S/C64H66Br2N4OS2/c1-5-8-11-15-23-44-36-45(24-16-12-9-6-2)38-46(37-44)64(53-39-47(65)29-31-49(53)50-32-30-48(66)40-54(50)64)33-21-13-14-22-35-70-57-26-18-20-28-59(57)73-61(70)42-52-62(55(43-67)68-4)51(63(52)71)41-60-69(34-10-7-3)56-25-17-19-27-58(56)72-60/h17-20,25-32,36-42H,5-16,21-24,33-35H2,1-3H3. The van der Waals surface area contributed by atoms with Gasteiger partial charge in [-0.25, -0.2) is 4.85 Å². The molecule has 0 amide bonds. The highest BCUT2D eigenvalue weighted by Crippen LogP contribution is 2.57. The van der Waals surface area contributed by atoms with Crippen molar-refractivity contribution < 1.29 is 9.36 Å². The summed E-state index contributed by atoms with van der Waals surface area (Å²) in [7, 11) is 0. The topological polar surface area (TPSA) is 50.9 Å². The van der Waals surface area contributed by atoms with Crippen LogP contribution in [-0.2, 0) is 29.6 Å². The Balaban J connectivity index is 0.995. The van der Waals surface area contributed by atoms with Gasteiger partial charge in [-0.3, -0.25) is 10.7 Å². The first kappa shape index (κ1) is 52.8. The molecule has 73 heavy (non-hydrogen) atoms. The summed E-state index contributed by atoms with van der Waals surface area (Å²) in [6.45, 7) is 16.4. The highest BCUT2D eigenvalue weighted by molar-refractivity contribution is 9.10. The molecule has 0 N–H and O–H groups in total. The van der Waals surface area contributed by atoms with Gasteiger partial charge in [-0.1, -0.05) is 188 Å². The number of aryl methyl sites for hydroxylation is 3. The van der Waals surface area contributed by atoms with Crippen LogP contribution in [0.1, 0.15) is 150 Å². The Kier molecular flexibility index (Phi) is 17.7. The molecular weight excluding hydrogens is 1060 g/mol. The van der Waals surface area contributed by atoms with Crippen LogP contribution in [0.15, 0.2) is 150 Å². The number of carbonyl (C=O) groups excluding carboxylic acids is 1. The van der Waals surface area contributed by atoms with Gasteiger partial charge in [-0.2, -0.15) is 4.57 Å². The van der Waals surface area contributed by atoms with Crippen LogP contribution in [0.25, 0.3) is 37.7 Å². The van der Waals surface area contributed by atoms with Crippen molar-refractivity contribution in [3.05, 3.63) is 195 Å². The summed E-state index contributed by atoms with van der Waals surface area (Å²) in [5, 5.41) is 12.2. The van der Waals surface area contributed by atoms with Crippen LogP contribution in [0.2, 0.25) is 0 Å². The van der Waals surface area contributed by atoms with E-state index in [1.165, 1.54) is 90.3 Å². The molecule has 0 saturated heterocycles. The van der Waals surface area contributed by atoms with Crippen molar-refractivity contribution in [3.8, 4) is 11.1 Å². The number of unbranched alkanes of at least 4 members (excludes halogenated alkanes) is 10. The molecule has 6 aromatic rings. The Morgan fingerprint density at radius 3 is 2.03 bits per heavy atom. The molecule has 3 aliphatic rings. The molecule has 0 atom stereocenters. The molecule has 374 valence electrons. The van der Waals surface area contributed by atoms with Gasteiger partial charge in [0.05, 0.1) is 17.3 Å². The molecule has 0 radical (unpaired) electrons. The summed E-state index contributed by atoms with van der Waals surface area (Å²) < 4.78 is 5.73. The number of thiazole rings is 1. The number of benzene rings is 5. The fourth-order valence-corrected chi connectivity index (χ4v) is 14.4. The van der Waals surface area contributed by atoms with Gasteiger partial charge in [-0.05, 0) is 132 Å². The number of hydrogen-bond donors (Lipinski definition) is 0. The number of ketones is 1. The minimum atomic E-state index is -0.290. The summed E-state index contributed by atoms with van der Waals surface area (Å²) in [6.07, 6.45) is 23.4. The predicted octanol–water partition coefficient (Wildman–Crippen LogP) is 18.5. The Labute approximate surface area is 459 Å². The number of nitrogens with zero attached hydrogens (tertiary/aromatic N) is 4. The zero-order chi connectivity index (χ0) is 50.9. The van der Waals surface area contributed by atoms with Crippen molar-refractivity contribution in [2.45, 2.75) is 147 Å². The van der Waals surface area contributed by atoms with E-state index in [2.05, 4.69) is 164 Å². The number of halogens is 2. The quantitative estimate of drug-likeness (QED) is 0.0200. The van der Waals surface area contributed by atoms with Crippen molar-refractivity contribution in [1.82, 2.24) is 0 Å². The van der Waals surface area contributed by atoms with Gasteiger partial charge in [0.1, 0.15) is 4.70 Å². The van der Waals surface area contributed by atoms with E-state index >= 15 is 0 Å². The molecule has 0 spiro atoms. The summed E-state index contributed by atoms with van der Waals surface area (Å²) in [5.41, 5.74) is 13.2. The average Bonchev–Trinajstić information content (AvgIpc) is 4.04. The van der Waals surface area contributed by atoms with Crippen molar-refractivity contribution in [1.29, 1.82) is 0 Å². The molecule has 5 nitrogen and oxygen atoms in total. The number of anilines is 1. The highest BCUT2D eigenvalue weighted by atomic mass is 79.9. The maximum atomic E-state index is 14.3. The number of fused-ring (bicyclic) bond motifs is 5. The third-order valence-corrected chi connectivity index (χ3v) is 18.3. The number of thioether (sulfide) groups is 1. The lowest BCUT2D eigenvalue weighted by molar-refractivity contribution is -0.669. The maximum Gasteiger partial charge on any atom is 0.263 e. The van der Waals surface area contributed by atoms with Crippen LogP contribution < -0.4 is 9.47 Å². The molecule has 0 bridgehead atoms. The first-order chi connectivity index (χ1) is 35.7. The molecule has 0 saturated carbocycles. The molecule has 1 aromatic heterocycles. The molecule has 0 unspecified atom stereocenters. The molecule has 9 heteroatoms. The smallest absolute Gasteiger partial charge is 0.263 e. The Hall–Kier alpha value is -5.07. The van der Waals surface area contributed by atoms with E-state index in [4.69, 9.17) is 6.57 Å². The van der Waals surface area contributed by atoms with Gasteiger partial charge < -0.3 is 10.3 Å². The lowest BCUT2D eigenvalue weighted by Gasteiger charge is -2.34. The van der Waals surface area contributed by atoms with E-state index in [-0.39, 0.29) is 16.9 Å². The van der Waals surface area contributed by atoms with Crippen LogP contribution in [0.5, 0.6) is 0 Å². The minimum Gasteiger partial charge on any atom is -0.775 e. The lowest BCUT2D eigenvalue weighted by Crippen LogP contribution is -2.35. The van der Waals surface area contributed by atoms with Crippen LogP contribution in [0.4, 0.5) is 5.69 Å². The molecular formula is C64H66Br2N4OS2. The van der Waals surface area contributed by atoms with Crippen LogP contribution in [0.3, 0.4) is 0 Å². The number of allylic oxidation sites excluding steroid dienone is 3. The van der Waals surface area contributed by atoms with Gasteiger partial charge >= 0.3 is 0 Å². The van der Waals surface area contributed by atoms with E-state index in [1.54, 1.807) is 23.1 Å². The second-order valence-electron chi connectivity index (χ2n) is 20.0. The van der Waals surface area contributed by atoms with E-state index in [0.717, 1.165) is 111 Å². The molecule has 2 aliphatic carbocycles. The van der Waals surface area contributed by atoms with Gasteiger partial charge in [0.25, 0.3) is 5.01 Å². The number of rotatable bonds is 24. The summed E-state index contributed by atoms with van der Waals surface area (Å²) in [5.74, 6) is 2.01. The largest absolute Gasteiger partial charge is 0.775 e. The minimum absolute atomic E-state index is 0.0436. The molecule has 2 heterocycles. The SMILES string of the molecule is [C-]#[N+]C(=C=[N-])C1=C(/C=C2\Sc3ccccc3N2CCCC)C(=O)/C1=C\c1sc2ccccc2[n+]1CCCCCCC1(c2cc(CCCCCC)cc(CCCCCC)c2)c2cc(Br)ccc2-c2ccc(Br)cc21. The third kappa shape index (κ3) is 11.2. The first-order valence-electron chi connectivity index (χ1n) is 26.8. The normalized spacial score (nSPS) is 15.5. The molecule has 0 fully saturated rings. The third-order valence-electron chi connectivity index (χ3n) is 15.1. The van der Waals surface area contributed by atoms with Crippen LogP contribution >= 0.6 is 55.0 Å². The highest BCUT2D eigenvalue weighted by Gasteiger charge is 2.45. The average molecular weight is 1130 g/mol. The number of Topliss-reactive ketones (excluding diaryl/α,β-unsaturated/α-hetero) is 1. The van der Waals surface area contributed by atoms with Gasteiger partial charge in [-0.15, -0.1) is 0 Å². The van der Waals surface area contributed by atoms with Crippen molar-refractivity contribution >= 4 is 88.6 Å². The second-order valence-corrected chi connectivity index (χ2v) is 23.9. The lowest BCUT2D eigenvalue weighted by atomic mass is 9.68. The zero-order valence-electron chi connectivity index (χ0n) is 42.7. The second kappa shape index (κ2) is 24.5. The van der Waals surface area contributed by atoms with Crippen LogP contribution in [-0.4, -0.2) is 18.2 Å². The van der Waals surface area contributed by atoms with Gasteiger partial charge in [0, 0.05) is 61.1 Å². The van der Waals surface area contributed by atoms with Crippen molar-refractivity contribution in [3.63, 3.8) is 0 Å². The Morgan fingerprint density at radius 1 is 0.740 bits per heavy atom. The van der Waals surface area contributed by atoms with E-state index in [9.17, 15) is 10.2 Å². The van der Waals surface area contributed by atoms with E-state index < -0.39 is 0 Å². The van der Waals surface area contributed by atoms with E-state index in [1.807, 2.05) is 24.3 Å². The molecule has 5 aromatic carbocycles. The molecule has 1 aliphatic heterocycles. The fraction of sp³-hybridized carbons (Fsp3) is 0.359. The maximum absolute atomic E-state index is 14.3. The number of carbonyl (C=O) groups is 1. The Morgan fingerprint density at radius 2 is 1.37 bits per heavy atom. The zero-order valence-corrected chi connectivity index (χ0v) is 47.5. The monoisotopic (exact) mass is 1130 g/mol. The number of para-hydroxylation sites is 2. The number of hydrogen-bond acceptors (Lipinski definition) is 4. The summed E-state index contributed by atoms with van der Waals surface area (Å²) in [6, 6.07) is 38.3. The Bertz CT molecular complexity index is 3140. The van der Waals surface area contributed by atoms with Crippen molar-refractivity contribution in [2.24, 2.45) is 0 Å². The van der Waals surface area contributed by atoms with E-state index in [0.29, 0.717) is 16.7 Å². The fourth-order valence-electron chi connectivity index (χ4n) is 11.4. The van der Waals surface area contributed by atoms with Crippen LogP contribution in [0, 0.1) is 6.57 Å². The van der Waals surface area contributed by atoms with Crippen molar-refractivity contribution in [2.75, 3.05) is 11.4 Å². The summed E-state index contributed by atoms with van der Waals surface area (Å²) >= 11 is 11.2. The predicted molar refractivity (Wildman–Crippen MR) is 316 cm³/mol. The van der Waals surface area contributed by atoms with Gasteiger partial charge in [0.2, 0.25) is 11.2 Å². The summed E-state index contributed by atoms with van der Waals surface area (Å²) in [4.78, 5) is 21.4.